The summed E-state index contributed by atoms with van der Waals surface area (Å²) in [6, 6.07) is 1.53. The topological polar surface area (TPSA) is 66.4 Å². The molecule has 0 atom stereocenters. The number of nitrogens with one attached hydrogen (secondary N) is 1. The molecule has 4 nitrogen and oxygen atoms in total. The van der Waals surface area contributed by atoms with Crippen LogP contribution in [0.2, 0.25) is 0 Å². The van der Waals surface area contributed by atoms with Gasteiger partial charge in [-0.25, -0.2) is 13.1 Å². The summed E-state index contributed by atoms with van der Waals surface area (Å²) in [5, 5.41) is 10.6. The van der Waals surface area contributed by atoms with E-state index in [2.05, 4.69) is 4.72 Å². The summed E-state index contributed by atoms with van der Waals surface area (Å²) in [6.07, 6.45) is 5.95. The highest BCUT2D eigenvalue weighted by molar-refractivity contribution is 7.91. The minimum atomic E-state index is -3.38. The Balaban J connectivity index is 1.86. The molecule has 0 saturated heterocycles. The largest absolute Gasteiger partial charge is 0.392 e. The van der Waals surface area contributed by atoms with Gasteiger partial charge in [0.1, 0.15) is 4.21 Å². The van der Waals surface area contributed by atoms with Gasteiger partial charge in [0, 0.05) is 6.54 Å². The Kier molecular flexibility index (Phi) is 4.77. The van der Waals surface area contributed by atoms with E-state index in [1.54, 1.807) is 5.38 Å². The van der Waals surface area contributed by atoms with Crippen LogP contribution in [-0.4, -0.2) is 20.1 Å². The van der Waals surface area contributed by atoms with Crippen molar-refractivity contribution < 1.29 is 13.5 Å². The predicted octanol–water partition coefficient (Wildman–Crippen LogP) is 2.10. The van der Waals surface area contributed by atoms with Gasteiger partial charge in [-0.3, -0.25) is 0 Å². The summed E-state index contributed by atoms with van der Waals surface area (Å²) in [5.41, 5.74) is 0.649. The lowest BCUT2D eigenvalue weighted by Crippen LogP contribution is -2.25. The normalized spacial score (nSPS) is 17.4. The maximum absolute atomic E-state index is 12.0. The molecule has 6 heteroatoms. The average molecular weight is 289 g/mol. The zero-order valence-electron chi connectivity index (χ0n) is 10.3. The van der Waals surface area contributed by atoms with Crippen LogP contribution in [0.1, 0.15) is 37.7 Å². The van der Waals surface area contributed by atoms with Crippen LogP contribution in [0.5, 0.6) is 0 Å². The Morgan fingerprint density at radius 2 is 2.11 bits per heavy atom. The number of hydrogen-bond donors (Lipinski definition) is 2. The summed E-state index contributed by atoms with van der Waals surface area (Å²) in [4.78, 5) is 0. The number of sulfonamides is 1. The molecule has 2 N–H and O–H groups in total. The first-order valence-electron chi connectivity index (χ1n) is 6.30. The van der Waals surface area contributed by atoms with Crippen molar-refractivity contribution in [2.75, 3.05) is 6.54 Å². The summed E-state index contributed by atoms with van der Waals surface area (Å²) in [5.74, 6) is 0.684. The Morgan fingerprint density at radius 3 is 2.72 bits per heavy atom. The highest BCUT2D eigenvalue weighted by atomic mass is 32.2. The molecule has 1 fully saturated rings. The third-order valence-electron chi connectivity index (χ3n) is 3.40. The van der Waals surface area contributed by atoms with Crippen molar-refractivity contribution in [2.24, 2.45) is 5.92 Å². The van der Waals surface area contributed by atoms with Crippen LogP contribution in [0, 0.1) is 5.92 Å². The van der Waals surface area contributed by atoms with Gasteiger partial charge < -0.3 is 5.11 Å². The molecule has 0 aromatic carbocycles. The number of thiophene rings is 1. The van der Waals surface area contributed by atoms with E-state index in [1.807, 2.05) is 0 Å². The Hall–Kier alpha value is -0.430. The lowest BCUT2D eigenvalue weighted by atomic mass is 10.1. The van der Waals surface area contributed by atoms with E-state index in [4.69, 9.17) is 5.11 Å². The zero-order chi connectivity index (χ0) is 13.0. The molecule has 1 saturated carbocycles. The molecule has 0 amide bonds. The van der Waals surface area contributed by atoms with Crippen molar-refractivity contribution in [3.05, 3.63) is 17.0 Å². The van der Waals surface area contributed by atoms with Crippen molar-refractivity contribution in [1.29, 1.82) is 0 Å². The maximum Gasteiger partial charge on any atom is 0.250 e. The van der Waals surface area contributed by atoms with Crippen LogP contribution in [-0.2, 0) is 16.6 Å². The highest BCUT2D eigenvalue weighted by Gasteiger charge is 2.18. The van der Waals surface area contributed by atoms with E-state index in [0.29, 0.717) is 18.0 Å². The summed E-state index contributed by atoms with van der Waals surface area (Å²) in [7, 11) is -3.38. The van der Waals surface area contributed by atoms with E-state index in [9.17, 15) is 8.42 Å². The van der Waals surface area contributed by atoms with Crippen molar-refractivity contribution in [3.8, 4) is 0 Å². The number of aliphatic hydroxyl groups excluding tert-OH is 1. The molecular weight excluding hydrogens is 270 g/mol. The average Bonchev–Trinajstić information content (AvgIpc) is 2.99. The fourth-order valence-electron chi connectivity index (χ4n) is 2.34. The third-order valence-corrected chi connectivity index (χ3v) is 6.35. The van der Waals surface area contributed by atoms with E-state index in [-0.39, 0.29) is 10.8 Å². The molecule has 0 bridgehead atoms. The summed E-state index contributed by atoms with van der Waals surface area (Å²) in [6.45, 7) is 0.396. The van der Waals surface area contributed by atoms with Gasteiger partial charge in [0.2, 0.25) is 10.0 Å². The Bertz CT molecular complexity index is 475. The molecule has 1 aromatic heterocycles. The van der Waals surface area contributed by atoms with Crippen LogP contribution in [0.15, 0.2) is 15.7 Å². The Labute approximate surface area is 112 Å². The van der Waals surface area contributed by atoms with Crippen LogP contribution < -0.4 is 4.72 Å². The second-order valence-electron chi connectivity index (χ2n) is 4.77. The van der Waals surface area contributed by atoms with Gasteiger partial charge in [0.05, 0.1) is 6.61 Å². The first kappa shape index (κ1) is 14.0. The number of hydrogen-bond acceptors (Lipinski definition) is 4. The van der Waals surface area contributed by atoms with Gasteiger partial charge in [-0.15, -0.1) is 11.3 Å². The van der Waals surface area contributed by atoms with Crippen molar-refractivity contribution in [2.45, 2.75) is 42.9 Å². The van der Waals surface area contributed by atoms with Crippen LogP contribution in [0.3, 0.4) is 0 Å². The molecule has 2 rings (SSSR count). The Morgan fingerprint density at radius 1 is 1.39 bits per heavy atom. The molecule has 1 aromatic rings. The molecule has 0 unspecified atom stereocenters. The molecule has 0 aliphatic heterocycles. The van der Waals surface area contributed by atoms with E-state index in [1.165, 1.54) is 31.7 Å². The lowest BCUT2D eigenvalue weighted by Gasteiger charge is -2.09. The van der Waals surface area contributed by atoms with Gasteiger partial charge in [-0.05, 0) is 29.3 Å². The van der Waals surface area contributed by atoms with Crippen molar-refractivity contribution in [3.63, 3.8) is 0 Å². The van der Waals surface area contributed by atoms with Gasteiger partial charge in [0.25, 0.3) is 0 Å². The molecule has 1 aliphatic carbocycles. The summed E-state index contributed by atoms with van der Waals surface area (Å²) < 4.78 is 26.8. The monoisotopic (exact) mass is 289 g/mol. The summed E-state index contributed by atoms with van der Waals surface area (Å²) >= 11 is 1.15. The minimum absolute atomic E-state index is 0.117. The van der Waals surface area contributed by atoms with E-state index >= 15 is 0 Å². The van der Waals surface area contributed by atoms with E-state index in [0.717, 1.165) is 17.8 Å². The van der Waals surface area contributed by atoms with Gasteiger partial charge in [0.15, 0.2) is 0 Å². The quantitative estimate of drug-likeness (QED) is 0.843. The SMILES string of the molecule is O=S(=O)(NCCC1CCCC1)c1cc(CO)cs1. The first-order valence-corrected chi connectivity index (χ1v) is 8.66. The van der Waals surface area contributed by atoms with Gasteiger partial charge in [-0.2, -0.15) is 0 Å². The molecule has 1 heterocycles. The number of aliphatic hydroxyl groups is 1. The zero-order valence-corrected chi connectivity index (χ0v) is 11.9. The van der Waals surface area contributed by atoms with Crippen LogP contribution >= 0.6 is 11.3 Å². The molecule has 18 heavy (non-hydrogen) atoms. The third kappa shape index (κ3) is 3.54. The lowest BCUT2D eigenvalue weighted by molar-refractivity contribution is 0.282. The molecule has 102 valence electrons. The minimum Gasteiger partial charge on any atom is -0.392 e. The standard InChI is InChI=1S/C12H19NO3S2/c14-8-11-7-12(17-9-11)18(15,16)13-6-5-10-3-1-2-4-10/h7,9-10,13-14H,1-6,8H2. The van der Waals surface area contributed by atoms with Crippen molar-refractivity contribution in [1.82, 2.24) is 4.72 Å². The van der Waals surface area contributed by atoms with Gasteiger partial charge >= 0.3 is 0 Å². The maximum atomic E-state index is 12.0. The predicted molar refractivity (Wildman–Crippen MR) is 72.0 cm³/mol. The van der Waals surface area contributed by atoms with Crippen molar-refractivity contribution >= 4 is 21.4 Å². The van der Waals surface area contributed by atoms with Crippen LogP contribution in [0.4, 0.5) is 0 Å². The second-order valence-corrected chi connectivity index (χ2v) is 7.67. The highest BCUT2D eigenvalue weighted by Crippen LogP contribution is 2.27. The molecular formula is C12H19NO3S2. The first-order chi connectivity index (χ1) is 8.62. The van der Waals surface area contributed by atoms with Gasteiger partial charge in [-0.1, -0.05) is 25.7 Å². The molecule has 1 aliphatic rings. The molecule has 0 radical (unpaired) electrons. The smallest absolute Gasteiger partial charge is 0.250 e. The number of rotatable bonds is 6. The van der Waals surface area contributed by atoms with Crippen LogP contribution in [0.25, 0.3) is 0 Å². The second kappa shape index (κ2) is 6.14. The fraction of sp³-hybridized carbons (Fsp3) is 0.667. The molecule has 0 spiro atoms. The van der Waals surface area contributed by atoms with E-state index < -0.39 is 10.0 Å². The fourth-order valence-corrected chi connectivity index (χ4v) is 4.64.